The Kier molecular flexibility index (Phi) is 5.86. The molecular weight excluding hydrogens is 480 g/mol. The fraction of sp³-hybridized carbons (Fsp3) is 0.222. The van der Waals surface area contributed by atoms with Crippen LogP contribution in [0, 0.1) is 18.3 Å². The molecule has 188 valence electrons. The number of hydrogen-bond donors (Lipinski definition) is 2. The van der Waals surface area contributed by atoms with E-state index in [9.17, 15) is 10.1 Å². The average molecular weight is 505 g/mol. The van der Waals surface area contributed by atoms with Crippen LogP contribution in [-0.4, -0.2) is 46.8 Å². The van der Waals surface area contributed by atoms with E-state index < -0.39 is 0 Å². The SMILES string of the molecule is CC(=O)c1ccc(-n2cnc3cc(Nc4ccc(C5CCCN5)nn4)ccc32)nc1-n1nc(C#N)cc1C. The van der Waals surface area contributed by atoms with E-state index in [0.717, 1.165) is 41.8 Å². The van der Waals surface area contributed by atoms with E-state index in [1.54, 1.807) is 24.5 Å². The van der Waals surface area contributed by atoms with Gasteiger partial charge in [0.25, 0.3) is 0 Å². The number of Topliss-reactive ketones (excluding diaryl/α,β-unsaturated/α-hetero) is 1. The molecule has 1 atom stereocenters. The summed E-state index contributed by atoms with van der Waals surface area (Å²) in [5.74, 6) is 1.45. The second-order valence-corrected chi connectivity index (χ2v) is 9.23. The number of nitriles is 1. The number of rotatable bonds is 6. The van der Waals surface area contributed by atoms with E-state index in [-0.39, 0.29) is 17.5 Å². The van der Waals surface area contributed by atoms with Crippen LogP contribution in [0.1, 0.15) is 53.2 Å². The topological polar surface area (TPSA) is 139 Å². The molecule has 5 aromatic rings. The minimum absolute atomic E-state index is 0.144. The number of fused-ring (bicyclic) bond motifs is 1. The Morgan fingerprint density at radius 3 is 2.76 bits per heavy atom. The van der Waals surface area contributed by atoms with Crippen molar-refractivity contribution >= 4 is 28.3 Å². The molecular formula is C27H24N10O. The highest BCUT2D eigenvalue weighted by Crippen LogP contribution is 2.26. The number of benzene rings is 1. The van der Waals surface area contributed by atoms with Gasteiger partial charge >= 0.3 is 0 Å². The van der Waals surface area contributed by atoms with Crippen LogP contribution in [0.15, 0.2) is 54.9 Å². The van der Waals surface area contributed by atoms with Crippen LogP contribution in [0.5, 0.6) is 0 Å². The number of carbonyl (C=O) groups excluding carboxylic acids is 1. The zero-order valence-electron chi connectivity index (χ0n) is 20.9. The van der Waals surface area contributed by atoms with E-state index in [1.807, 2.05) is 47.9 Å². The van der Waals surface area contributed by atoms with Crippen LogP contribution in [0.2, 0.25) is 0 Å². The number of nitrogens with one attached hydrogen (secondary N) is 2. The van der Waals surface area contributed by atoms with Gasteiger partial charge < -0.3 is 10.6 Å². The summed E-state index contributed by atoms with van der Waals surface area (Å²) in [7, 11) is 0. The van der Waals surface area contributed by atoms with Gasteiger partial charge in [0.2, 0.25) is 0 Å². The molecule has 2 N–H and O–H groups in total. The van der Waals surface area contributed by atoms with E-state index in [1.165, 1.54) is 11.6 Å². The first-order valence-electron chi connectivity index (χ1n) is 12.3. The molecule has 0 saturated carbocycles. The summed E-state index contributed by atoms with van der Waals surface area (Å²) in [5, 5.41) is 29.0. The van der Waals surface area contributed by atoms with Crippen molar-refractivity contribution in [3.8, 4) is 17.7 Å². The molecule has 38 heavy (non-hydrogen) atoms. The standard InChI is InChI=1S/C27H24N10O/c1-16-12-19(14-28)35-37(16)27-20(17(2)38)6-10-26(32-27)36-15-30-23-13-18(5-8-24(23)36)31-25-9-7-22(33-34-25)21-4-3-11-29-21/h5-10,12-13,15,21,29H,3-4,11H2,1-2H3,(H,31,34). The molecule has 11 nitrogen and oxygen atoms in total. The summed E-state index contributed by atoms with van der Waals surface area (Å²) in [6, 6.07) is 17.2. The minimum atomic E-state index is -0.144. The fourth-order valence-electron chi connectivity index (χ4n) is 4.71. The number of nitrogens with zero attached hydrogens (tertiary/aromatic N) is 8. The normalized spacial score (nSPS) is 15.0. The van der Waals surface area contributed by atoms with Gasteiger partial charge in [-0.2, -0.15) is 15.5 Å². The van der Waals surface area contributed by atoms with Gasteiger partial charge in [-0.1, -0.05) is 0 Å². The predicted octanol–water partition coefficient (Wildman–Crippen LogP) is 3.95. The van der Waals surface area contributed by atoms with Crippen LogP contribution in [0.25, 0.3) is 22.7 Å². The Labute approximate surface area is 218 Å². The van der Waals surface area contributed by atoms with Crippen molar-refractivity contribution in [3.05, 3.63) is 77.5 Å². The predicted molar refractivity (Wildman–Crippen MR) is 141 cm³/mol. The first-order chi connectivity index (χ1) is 18.5. The van der Waals surface area contributed by atoms with Gasteiger partial charge in [-0.3, -0.25) is 9.36 Å². The highest BCUT2D eigenvalue weighted by molar-refractivity contribution is 5.97. The lowest BCUT2D eigenvalue weighted by molar-refractivity contribution is 0.101. The van der Waals surface area contributed by atoms with Crippen LogP contribution < -0.4 is 10.6 Å². The molecule has 0 spiro atoms. The molecule has 1 aliphatic rings. The second-order valence-electron chi connectivity index (χ2n) is 9.23. The third-order valence-corrected chi connectivity index (χ3v) is 6.61. The summed E-state index contributed by atoms with van der Waals surface area (Å²) in [6.07, 6.45) is 3.92. The highest BCUT2D eigenvalue weighted by atomic mass is 16.1. The molecule has 0 aliphatic carbocycles. The van der Waals surface area contributed by atoms with E-state index in [2.05, 4.69) is 30.9 Å². The maximum absolute atomic E-state index is 12.3. The molecule has 1 aliphatic heterocycles. The minimum Gasteiger partial charge on any atom is -0.339 e. The third-order valence-electron chi connectivity index (χ3n) is 6.61. The van der Waals surface area contributed by atoms with E-state index in [4.69, 9.17) is 4.98 Å². The number of pyridine rings is 1. The average Bonchev–Trinajstić information content (AvgIpc) is 3.68. The maximum atomic E-state index is 12.3. The van der Waals surface area contributed by atoms with Crippen molar-refractivity contribution in [3.63, 3.8) is 0 Å². The van der Waals surface area contributed by atoms with Crippen LogP contribution in [0.3, 0.4) is 0 Å². The number of carbonyl (C=O) groups is 1. The molecule has 0 radical (unpaired) electrons. The van der Waals surface area contributed by atoms with Crippen molar-refractivity contribution in [1.29, 1.82) is 5.26 Å². The Hall–Kier alpha value is -4.95. The van der Waals surface area contributed by atoms with Gasteiger partial charge in [-0.05, 0) is 81.8 Å². The summed E-state index contributed by atoms with van der Waals surface area (Å²) < 4.78 is 3.37. The first kappa shape index (κ1) is 23.4. The van der Waals surface area contributed by atoms with Gasteiger partial charge in [0.1, 0.15) is 18.2 Å². The number of hydrogen-bond acceptors (Lipinski definition) is 9. The summed E-state index contributed by atoms with van der Waals surface area (Å²) in [5.41, 5.74) is 4.77. The monoisotopic (exact) mass is 504 g/mol. The molecule has 4 aromatic heterocycles. The first-order valence-corrected chi connectivity index (χ1v) is 12.3. The van der Waals surface area contributed by atoms with Crippen molar-refractivity contribution in [2.75, 3.05) is 11.9 Å². The summed E-state index contributed by atoms with van der Waals surface area (Å²) >= 11 is 0. The van der Waals surface area contributed by atoms with Gasteiger partial charge in [-0.15, -0.1) is 5.10 Å². The lowest BCUT2D eigenvalue weighted by Crippen LogP contribution is -2.14. The van der Waals surface area contributed by atoms with Crippen LogP contribution >= 0.6 is 0 Å². The van der Waals surface area contributed by atoms with Crippen LogP contribution in [-0.2, 0) is 0 Å². The Balaban J connectivity index is 1.31. The Morgan fingerprint density at radius 1 is 1.16 bits per heavy atom. The quantitative estimate of drug-likeness (QED) is 0.329. The largest absolute Gasteiger partial charge is 0.339 e. The van der Waals surface area contributed by atoms with Gasteiger partial charge in [-0.25, -0.2) is 14.6 Å². The van der Waals surface area contributed by atoms with E-state index in [0.29, 0.717) is 28.7 Å². The number of ketones is 1. The Bertz CT molecular complexity index is 1700. The number of anilines is 2. The Morgan fingerprint density at radius 2 is 2.05 bits per heavy atom. The van der Waals surface area contributed by atoms with Gasteiger partial charge in [0, 0.05) is 11.4 Å². The molecule has 11 heteroatoms. The molecule has 1 fully saturated rings. The highest BCUT2D eigenvalue weighted by Gasteiger charge is 2.19. The van der Waals surface area contributed by atoms with Gasteiger partial charge in [0.05, 0.1) is 28.3 Å². The zero-order valence-corrected chi connectivity index (χ0v) is 20.9. The molecule has 1 saturated heterocycles. The van der Waals surface area contributed by atoms with E-state index >= 15 is 0 Å². The van der Waals surface area contributed by atoms with Crippen molar-refractivity contribution in [2.24, 2.45) is 0 Å². The molecule has 1 aromatic carbocycles. The second kappa shape index (κ2) is 9.49. The number of aryl methyl sites for hydroxylation is 1. The van der Waals surface area contributed by atoms with Crippen molar-refractivity contribution in [2.45, 2.75) is 32.7 Å². The zero-order chi connectivity index (χ0) is 26.2. The van der Waals surface area contributed by atoms with Crippen molar-refractivity contribution < 1.29 is 4.79 Å². The lowest BCUT2D eigenvalue weighted by Gasteiger charge is -2.12. The molecule has 1 unspecified atom stereocenters. The number of imidazole rings is 1. The summed E-state index contributed by atoms with van der Waals surface area (Å²) in [6.45, 7) is 4.31. The summed E-state index contributed by atoms with van der Waals surface area (Å²) in [4.78, 5) is 21.6. The number of aromatic nitrogens is 7. The third kappa shape index (κ3) is 4.27. The molecule has 0 bridgehead atoms. The lowest BCUT2D eigenvalue weighted by atomic mass is 10.1. The van der Waals surface area contributed by atoms with Gasteiger partial charge in [0.15, 0.2) is 23.1 Å². The fourth-order valence-corrected chi connectivity index (χ4v) is 4.71. The van der Waals surface area contributed by atoms with Crippen LogP contribution in [0.4, 0.5) is 11.5 Å². The van der Waals surface area contributed by atoms with Crippen molar-refractivity contribution in [1.82, 2.24) is 39.8 Å². The molecule has 0 amide bonds. The molecule has 5 heterocycles. The molecule has 6 rings (SSSR count). The smallest absolute Gasteiger partial charge is 0.166 e. The maximum Gasteiger partial charge on any atom is 0.166 e.